The minimum atomic E-state index is -1.04. The van der Waals surface area contributed by atoms with Crippen LogP contribution in [0.2, 0.25) is 0 Å². The Morgan fingerprint density at radius 2 is 2.33 bits per heavy atom. The maximum absolute atomic E-state index is 10.7. The van der Waals surface area contributed by atoms with Gasteiger partial charge in [0.2, 0.25) is 0 Å². The fourth-order valence-corrected chi connectivity index (χ4v) is 1.65. The summed E-state index contributed by atoms with van der Waals surface area (Å²) in [4.78, 5) is 18.8. The molecule has 3 rings (SSSR count). The van der Waals surface area contributed by atoms with Crippen LogP contribution in [0.5, 0.6) is 0 Å². The summed E-state index contributed by atoms with van der Waals surface area (Å²) < 4.78 is 10.6. The second kappa shape index (κ2) is 3.73. The molecule has 1 atom stereocenters. The molecule has 7 heteroatoms. The first-order valence-electron chi connectivity index (χ1n) is 5.23. The number of fused-ring (bicyclic) bond motifs is 1. The molecule has 2 heterocycles. The Morgan fingerprint density at radius 1 is 1.50 bits per heavy atom. The molecule has 18 heavy (non-hydrogen) atoms. The molecular weight excluding hydrogens is 238 g/mol. The number of aliphatic carboxylic acids is 1. The van der Waals surface area contributed by atoms with Crippen LogP contribution in [-0.4, -0.2) is 34.6 Å². The number of anilines is 1. The summed E-state index contributed by atoms with van der Waals surface area (Å²) in [7, 11) is 0. The molecule has 0 bridgehead atoms. The van der Waals surface area contributed by atoms with Gasteiger partial charge in [-0.2, -0.15) is 0 Å². The van der Waals surface area contributed by atoms with Gasteiger partial charge < -0.3 is 20.0 Å². The zero-order chi connectivity index (χ0) is 12.7. The average Bonchev–Trinajstić information content (AvgIpc) is 2.93. The number of aromatic nitrogens is 1. The molecule has 7 nitrogen and oxygen atoms in total. The summed E-state index contributed by atoms with van der Waals surface area (Å²) in [6.45, 7) is -0.00840. The third-order valence-electron chi connectivity index (χ3n) is 2.53. The molecular formula is C11H9N3O4. The monoisotopic (exact) mass is 247 g/mol. The van der Waals surface area contributed by atoms with Crippen LogP contribution in [0.4, 0.5) is 5.69 Å². The van der Waals surface area contributed by atoms with Crippen LogP contribution >= 0.6 is 0 Å². The summed E-state index contributed by atoms with van der Waals surface area (Å²) in [5.74, 6) is -0.762. The predicted molar refractivity (Wildman–Crippen MR) is 62.3 cm³/mol. The Morgan fingerprint density at radius 3 is 3.06 bits per heavy atom. The minimum Gasteiger partial charge on any atom is -0.480 e. The van der Waals surface area contributed by atoms with Crippen LogP contribution in [0.1, 0.15) is 5.89 Å². The molecule has 0 saturated carbocycles. The average molecular weight is 247 g/mol. The Kier molecular flexibility index (Phi) is 2.19. The first-order chi connectivity index (χ1) is 8.63. The highest BCUT2D eigenvalue weighted by atomic mass is 16.5. The van der Waals surface area contributed by atoms with E-state index in [1.165, 1.54) is 0 Å². The van der Waals surface area contributed by atoms with E-state index in [0.717, 1.165) is 0 Å². The SMILES string of the molecule is Nc1ccc2nc(C3=NC(C(=O)O)CO3)oc2c1. The summed E-state index contributed by atoms with van der Waals surface area (Å²) >= 11 is 0. The standard InChI is InChI=1S/C11H9N3O4/c12-5-1-2-6-8(3-5)18-10(13-6)9-14-7(4-17-9)11(15)16/h1-3,7H,4,12H2,(H,15,16). The highest BCUT2D eigenvalue weighted by molar-refractivity contribution is 5.95. The van der Waals surface area contributed by atoms with E-state index in [2.05, 4.69) is 9.98 Å². The van der Waals surface area contributed by atoms with Gasteiger partial charge >= 0.3 is 5.97 Å². The lowest BCUT2D eigenvalue weighted by Crippen LogP contribution is -2.18. The van der Waals surface area contributed by atoms with E-state index < -0.39 is 12.0 Å². The lowest BCUT2D eigenvalue weighted by molar-refractivity contribution is -0.138. The van der Waals surface area contributed by atoms with Crippen molar-refractivity contribution in [1.82, 2.24) is 4.98 Å². The predicted octanol–water partition coefficient (Wildman–Crippen LogP) is 0.640. The summed E-state index contributed by atoms with van der Waals surface area (Å²) in [6, 6.07) is 4.14. The summed E-state index contributed by atoms with van der Waals surface area (Å²) in [5.41, 5.74) is 7.30. The van der Waals surface area contributed by atoms with Gasteiger partial charge in [-0.1, -0.05) is 0 Å². The van der Waals surface area contributed by atoms with Gasteiger partial charge in [0.15, 0.2) is 11.6 Å². The van der Waals surface area contributed by atoms with E-state index in [1.807, 2.05) is 0 Å². The quantitative estimate of drug-likeness (QED) is 0.753. The molecule has 3 N–H and O–H groups in total. The molecule has 2 aromatic rings. The van der Waals surface area contributed by atoms with E-state index in [0.29, 0.717) is 16.8 Å². The van der Waals surface area contributed by atoms with E-state index in [4.69, 9.17) is 20.0 Å². The van der Waals surface area contributed by atoms with Crippen molar-refractivity contribution < 1.29 is 19.1 Å². The van der Waals surface area contributed by atoms with E-state index >= 15 is 0 Å². The maximum Gasteiger partial charge on any atom is 0.332 e. The number of carboxylic acid groups (broad SMARTS) is 1. The van der Waals surface area contributed by atoms with Crippen LogP contribution in [0, 0.1) is 0 Å². The Balaban J connectivity index is 2.00. The molecule has 0 radical (unpaired) electrons. The third kappa shape index (κ3) is 1.65. The topological polar surface area (TPSA) is 111 Å². The number of ether oxygens (including phenoxy) is 1. The van der Waals surface area contributed by atoms with Crippen molar-refractivity contribution in [3.05, 3.63) is 24.1 Å². The summed E-state index contributed by atoms with van der Waals surface area (Å²) in [5, 5.41) is 8.80. The lowest BCUT2D eigenvalue weighted by Gasteiger charge is -1.94. The van der Waals surface area contributed by atoms with E-state index in [1.54, 1.807) is 18.2 Å². The first-order valence-corrected chi connectivity index (χ1v) is 5.23. The molecule has 1 aliphatic heterocycles. The van der Waals surface area contributed by atoms with Crippen molar-refractivity contribution in [2.45, 2.75) is 6.04 Å². The van der Waals surface area contributed by atoms with Crippen LogP contribution in [0.3, 0.4) is 0 Å². The second-order valence-electron chi connectivity index (χ2n) is 3.85. The zero-order valence-electron chi connectivity index (χ0n) is 9.16. The minimum absolute atomic E-state index is 0.00840. The van der Waals surface area contributed by atoms with Gasteiger partial charge in [-0.05, 0) is 12.1 Å². The van der Waals surface area contributed by atoms with Crippen molar-refractivity contribution in [1.29, 1.82) is 0 Å². The number of hydrogen-bond acceptors (Lipinski definition) is 6. The largest absolute Gasteiger partial charge is 0.480 e. The van der Waals surface area contributed by atoms with Crippen LogP contribution in [-0.2, 0) is 9.53 Å². The van der Waals surface area contributed by atoms with E-state index in [9.17, 15) is 4.79 Å². The molecule has 0 amide bonds. The van der Waals surface area contributed by atoms with Crippen molar-refractivity contribution in [3.63, 3.8) is 0 Å². The normalized spacial score (nSPS) is 18.7. The molecule has 92 valence electrons. The fourth-order valence-electron chi connectivity index (χ4n) is 1.65. The third-order valence-corrected chi connectivity index (χ3v) is 2.53. The number of hydrogen-bond donors (Lipinski definition) is 2. The molecule has 0 fully saturated rings. The number of carbonyl (C=O) groups is 1. The smallest absolute Gasteiger partial charge is 0.332 e. The van der Waals surface area contributed by atoms with Crippen LogP contribution in [0.15, 0.2) is 27.6 Å². The molecule has 1 aromatic heterocycles. The van der Waals surface area contributed by atoms with Crippen molar-refractivity contribution in [3.8, 4) is 0 Å². The van der Waals surface area contributed by atoms with Crippen LogP contribution < -0.4 is 5.73 Å². The van der Waals surface area contributed by atoms with Gasteiger partial charge in [-0.3, -0.25) is 0 Å². The number of benzene rings is 1. The number of nitrogens with two attached hydrogens (primary N) is 1. The molecule has 1 aliphatic rings. The second-order valence-corrected chi connectivity index (χ2v) is 3.85. The first kappa shape index (κ1) is 10.6. The lowest BCUT2D eigenvalue weighted by atomic mass is 10.3. The van der Waals surface area contributed by atoms with Gasteiger partial charge in [-0.25, -0.2) is 14.8 Å². The number of carboxylic acids is 1. The number of aliphatic imine (C=N–C) groups is 1. The maximum atomic E-state index is 10.7. The Hall–Kier alpha value is -2.57. The number of rotatable bonds is 2. The Labute approximate surface area is 101 Å². The zero-order valence-corrected chi connectivity index (χ0v) is 9.16. The fraction of sp³-hybridized carbons (Fsp3) is 0.182. The Bertz CT molecular complexity index is 661. The number of nitrogen functional groups attached to an aromatic ring is 1. The molecule has 1 unspecified atom stereocenters. The van der Waals surface area contributed by atoms with Gasteiger partial charge in [0.1, 0.15) is 12.1 Å². The molecule has 0 aliphatic carbocycles. The molecule has 0 saturated heterocycles. The van der Waals surface area contributed by atoms with Gasteiger partial charge in [0.05, 0.1) is 0 Å². The van der Waals surface area contributed by atoms with Gasteiger partial charge in [0, 0.05) is 11.8 Å². The van der Waals surface area contributed by atoms with Crippen molar-refractivity contribution in [2.24, 2.45) is 4.99 Å². The van der Waals surface area contributed by atoms with Gasteiger partial charge in [-0.15, -0.1) is 0 Å². The van der Waals surface area contributed by atoms with Crippen LogP contribution in [0.25, 0.3) is 11.1 Å². The van der Waals surface area contributed by atoms with Gasteiger partial charge in [0.25, 0.3) is 11.8 Å². The number of nitrogens with zero attached hydrogens (tertiary/aromatic N) is 2. The number of oxazole rings is 1. The van der Waals surface area contributed by atoms with E-state index in [-0.39, 0.29) is 18.4 Å². The highest BCUT2D eigenvalue weighted by Crippen LogP contribution is 2.20. The highest BCUT2D eigenvalue weighted by Gasteiger charge is 2.28. The molecule has 1 aromatic carbocycles. The summed E-state index contributed by atoms with van der Waals surface area (Å²) in [6.07, 6.45) is 0. The van der Waals surface area contributed by atoms with Crippen molar-refractivity contribution >= 4 is 28.7 Å². The van der Waals surface area contributed by atoms with Crippen molar-refractivity contribution in [2.75, 3.05) is 12.3 Å². The molecule has 0 spiro atoms.